The molecule has 0 saturated heterocycles. The number of esters is 1. The lowest BCUT2D eigenvalue weighted by Gasteiger charge is -2.24. The molecule has 0 unspecified atom stereocenters. The van der Waals surface area contributed by atoms with E-state index >= 15 is 0 Å². The number of rotatable bonds is 6. The van der Waals surface area contributed by atoms with Gasteiger partial charge in [-0.1, -0.05) is 13.8 Å². The first-order valence-electron chi connectivity index (χ1n) is 6.66. The first-order chi connectivity index (χ1) is 9.85. The lowest BCUT2D eigenvalue weighted by atomic mass is 10.1. The van der Waals surface area contributed by atoms with E-state index in [2.05, 4.69) is 20.7 Å². The summed E-state index contributed by atoms with van der Waals surface area (Å²) in [5, 5.41) is 0. The highest BCUT2D eigenvalue weighted by Gasteiger charge is 2.20. The van der Waals surface area contributed by atoms with Crippen LogP contribution in [-0.2, 0) is 9.53 Å². The number of carbonyl (C=O) groups excluding carboxylic acids is 2. The molecule has 0 bridgehead atoms. The third-order valence-electron chi connectivity index (χ3n) is 2.85. The maximum absolute atomic E-state index is 13.3. The van der Waals surface area contributed by atoms with E-state index in [1.54, 1.807) is 4.90 Å². The van der Waals surface area contributed by atoms with Crippen LogP contribution in [0.15, 0.2) is 22.7 Å². The molecule has 21 heavy (non-hydrogen) atoms. The number of benzene rings is 1. The molecule has 116 valence electrons. The van der Waals surface area contributed by atoms with Crippen LogP contribution in [0.1, 0.15) is 30.6 Å². The highest BCUT2D eigenvalue weighted by atomic mass is 79.9. The number of methoxy groups -OCH3 is 1. The van der Waals surface area contributed by atoms with Crippen molar-refractivity contribution in [3.8, 4) is 0 Å². The van der Waals surface area contributed by atoms with E-state index in [1.807, 2.05) is 13.8 Å². The van der Waals surface area contributed by atoms with Crippen LogP contribution in [0.5, 0.6) is 0 Å². The Labute approximate surface area is 132 Å². The molecule has 1 aromatic rings. The topological polar surface area (TPSA) is 46.6 Å². The van der Waals surface area contributed by atoms with E-state index in [4.69, 9.17) is 0 Å². The van der Waals surface area contributed by atoms with Gasteiger partial charge >= 0.3 is 5.97 Å². The van der Waals surface area contributed by atoms with Crippen LogP contribution in [-0.4, -0.2) is 37.0 Å². The predicted molar refractivity (Wildman–Crippen MR) is 81.5 cm³/mol. The van der Waals surface area contributed by atoms with Gasteiger partial charge in [-0.15, -0.1) is 0 Å². The van der Waals surface area contributed by atoms with Crippen molar-refractivity contribution in [2.24, 2.45) is 5.92 Å². The lowest BCUT2D eigenvalue weighted by molar-refractivity contribution is -0.140. The number of hydrogen-bond acceptors (Lipinski definition) is 3. The fourth-order valence-corrected chi connectivity index (χ4v) is 2.29. The van der Waals surface area contributed by atoms with E-state index in [-0.39, 0.29) is 36.3 Å². The molecule has 0 aliphatic carbocycles. The summed E-state index contributed by atoms with van der Waals surface area (Å²) in [4.78, 5) is 25.3. The molecule has 1 aromatic carbocycles. The fourth-order valence-electron chi connectivity index (χ4n) is 1.88. The Morgan fingerprint density at radius 2 is 2.05 bits per heavy atom. The van der Waals surface area contributed by atoms with E-state index in [0.29, 0.717) is 11.0 Å². The highest BCUT2D eigenvalue weighted by molar-refractivity contribution is 9.10. The minimum absolute atomic E-state index is 0.113. The number of ether oxygens (including phenoxy) is 1. The molecule has 6 heteroatoms. The van der Waals surface area contributed by atoms with Crippen molar-refractivity contribution >= 4 is 27.8 Å². The molecule has 1 amide bonds. The molecule has 0 saturated carbocycles. The molecular weight excluding hydrogens is 341 g/mol. The summed E-state index contributed by atoms with van der Waals surface area (Å²) in [5.41, 5.74) is 0.250. The van der Waals surface area contributed by atoms with Crippen LogP contribution in [0.3, 0.4) is 0 Å². The summed E-state index contributed by atoms with van der Waals surface area (Å²) in [7, 11) is 1.31. The number of halogens is 2. The zero-order valence-corrected chi connectivity index (χ0v) is 13.9. The molecule has 0 aliphatic rings. The number of carbonyl (C=O) groups is 2. The van der Waals surface area contributed by atoms with E-state index in [9.17, 15) is 14.0 Å². The van der Waals surface area contributed by atoms with Crippen LogP contribution >= 0.6 is 15.9 Å². The van der Waals surface area contributed by atoms with Crippen LogP contribution in [0.4, 0.5) is 4.39 Å². The number of nitrogens with zero attached hydrogens (tertiary/aromatic N) is 1. The van der Waals surface area contributed by atoms with Gasteiger partial charge in [0.25, 0.3) is 5.91 Å². The third kappa shape index (κ3) is 5.46. The van der Waals surface area contributed by atoms with Crippen molar-refractivity contribution in [2.45, 2.75) is 20.3 Å². The van der Waals surface area contributed by atoms with E-state index in [0.717, 1.165) is 0 Å². The Balaban J connectivity index is 2.93. The second-order valence-corrected chi connectivity index (χ2v) is 5.95. The predicted octanol–water partition coefficient (Wildman–Crippen LogP) is 3.25. The van der Waals surface area contributed by atoms with Gasteiger partial charge in [0.1, 0.15) is 5.82 Å². The van der Waals surface area contributed by atoms with E-state index < -0.39 is 5.82 Å². The van der Waals surface area contributed by atoms with Crippen molar-refractivity contribution < 1.29 is 18.7 Å². The standard InChI is InChI=1S/C15H19BrFNO3/c1-10(2)9-18(7-6-14(19)21-3)15(20)12-8-11(17)4-5-13(12)16/h4-5,8,10H,6-7,9H2,1-3H3. The summed E-state index contributed by atoms with van der Waals surface area (Å²) in [6, 6.07) is 3.97. The number of amides is 1. The normalized spacial score (nSPS) is 10.6. The summed E-state index contributed by atoms with van der Waals surface area (Å²) in [5.74, 6) is -0.924. The first-order valence-corrected chi connectivity index (χ1v) is 7.45. The summed E-state index contributed by atoms with van der Waals surface area (Å²) in [6.45, 7) is 4.67. The van der Waals surface area contributed by atoms with Crippen molar-refractivity contribution in [2.75, 3.05) is 20.2 Å². The Morgan fingerprint density at radius 3 is 2.62 bits per heavy atom. The molecular formula is C15H19BrFNO3. The van der Waals surface area contributed by atoms with Gasteiger partial charge in [-0.25, -0.2) is 4.39 Å². The maximum atomic E-state index is 13.3. The minimum atomic E-state index is -0.473. The van der Waals surface area contributed by atoms with Crippen molar-refractivity contribution in [3.05, 3.63) is 34.1 Å². The Kier molecular flexibility index (Phi) is 6.81. The smallest absolute Gasteiger partial charge is 0.307 e. The Hall–Kier alpha value is -1.43. The molecule has 0 spiro atoms. The zero-order valence-electron chi connectivity index (χ0n) is 12.4. The van der Waals surface area contributed by atoms with Gasteiger partial charge < -0.3 is 9.64 Å². The molecule has 0 aliphatic heterocycles. The van der Waals surface area contributed by atoms with Gasteiger partial charge in [-0.2, -0.15) is 0 Å². The van der Waals surface area contributed by atoms with Crippen molar-refractivity contribution in [1.29, 1.82) is 0 Å². The molecule has 1 rings (SSSR count). The molecule has 0 atom stereocenters. The van der Waals surface area contributed by atoms with Crippen molar-refractivity contribution in [1.82, 2.24) is 4.90 Å². The monoisotopic (exact) mass is 359 g/mol. The maximum Gasteiger partial charge on any atom is 0.307 e. The summed E-state index contributed by atoms with van der Waals surface area (Å²) >= 11 is 3.25. The molecule has 4 nitrogen and oxygen atoms in total. The fraction of sp³-hybridized carbons (Fsp3) is 0.467. The van der Waals surface area contributed by atoms with Crippen LogP contribution in [0.2, 0.25) is 0 Å². The van der Waals surface area contributed by atoms with Crippen LogP contribution in [0.25, 0.3) is 0 Å². The Bertz CT molecular complexity index is 520. The van der Waals surface area contributed by atoms with Crippen LogP contribution in [0, 0.1) is 11.7 Å². The number of hydrogen-bond donors (Lipinski definition) is 0. The first kappa shape index (κ1) is 17.6. The third-order valence-corrected chi connectivity index (χ3v) is 3.54. The highest BCUT2D eigenvalue weighted by Crippen LogP contribution is 2.20. The molecule has 0 fully saturated rings. The molecule has 0 radical (unpaired) electrons. The van der Waals surface area contributed by atoms with Gasteiger partial charge in [-0.05, 0) is 40.0 Å². The van der Waals surface area contributed by atoms with Gasteiger partial charge in [0.05, 0.1) is 19.1 Å². The Morgan fingerprint density at radius 1 is 1.38 bits per heavy atom. The van der Waals surface area contributed by atoms with Gasteiger partial charge in [0, 0.05) is 17.6 Å². The quantitative estimate of drug-likeness (QED) is 0.732. The molecule has 0 N–H and O–H groups in total. The van der Waals surface area contributed by atoms with E-state index in [1.165, 1.54) is 25.3 Å². The lowest BCUT2D eigenvalue weighted by Crippen LogP contribution is -2.36. The average molecular weight is 360 g/mol. The van der Waals surface area contributed by atoms with Gasteiger partial charge in [-0.3, -0.25) is 9.59 Å². The average Bonchev–Trinajstić information content (AvgIpc) is 2.44. The molecule has 0 aromatic heterocycles. The van der Waals surface area contributed by atoms with Gasteiger partial charge in [0.2, 0.25) is 0 Å². The second-order valence-electron chi connectivity index (χ2n) is 5.10. The van der Waals surface area contributed by atoms with Gasteiger partial charge in [0.15, 0.2) is 0 Å². The van der Waals surface area contributed by atoms with Crippen molar-refractivity contribution in [3.63, 3.8) is 0 Å². The summed E-state index contributed by atoms with van der Waals surface area (Å²) in [6.07, 6.45) is 0.113. The van der Waals surface area contributed by atoms with Crippen LogP contribution < -0.4 is 0 Å². The second kappa shape index (κ2) is 8.12. The zero-order chi connectivity index (χ0) is 16.0. The minimum Gasteiger partial charge on any atom is -0.469 e. The molecule has 0 heterocycles. The largest absolute Gasteiger partial charge is 0.469 e. The summed E-state index contributed by atoms with van der Waals surface area (Å²) < 4.78 is 18.5. The SMILES string of the molecule is COC(=O)CCN(CC(C)C)C(=O)c1cc(F)ccc1Br.